The maximum atomic E-state index is 12.8. The Kier molecular flexibility index (Phi) is 4.66. The van der Waals surface area contributed by atoms with Gasteiger partial charge >= 0.3 is 6.03 Å². The molecule has 1 atom stereocenters. The van der Waals surface area contributed by atoms with Crippen molar-refractivity contribution in [1.82, 2.24) is 20.1 Å². The fourth-order valence-electron chi connectivity index (χ4n) is 3.28. The van der Waals surface area contributed by atoms with E-state index in [9.17, 15) is 4.79 Å². The molecule has 1 fully saturated rings. The van der Waals surface area contributed by atoms with Gasteiger partial charge in [0.05, 0.1) is 17.4 Å². The van der Waals surface area contributed by atoms with E-state index in [0.29, 0.717) is 5.13 Å². The summed E-state index contributed by atoms with van der Waals surface area (Å²) < 4.78 is 0. The van der Waals surface area contributed by atoms with Crippen LogP contribution in [0.4, 0.5) is 9.93 Å². The highest BCUT2D eigenvalue weighted by Crippen LogP contribution is 2.33. The van der Waals surface area contributed by atoms with Crippen LogP contribution in [0.3, 0.4) is 0 Å². The Bertz CT molecular complexity index is 673. The number of anilines is 1. The van der Waals surface area contributed by atoms with E-state index in [4.69, 9.17) is 0 Å². The number of carbonyl (C=O) groups excluding carboxylic acids is 1. The number of likely N-dealkylation sites (tertiary alicyclic amines) is 1. The Morgan fingerprint density at radius 2 is 2.17 bits per heavy atom. The number of nitrogens with zero attached hydrogens (tertiary/aromatic N) is 3. The third-order valence-electron chi connectivity index (χ3n) is 4.36. The van der Waals surface area contributed by atoms with E-state index >= 15 is 0 Å². The van der Waals surface area contributed by atoms with Crippen LogP contribution in [0.15, 0.2) is 5.38 Å². The first-order chi connectivity index (χ1) is 11.1. The second kappa shape index (κ2) is 6.70. The third-order valence-corrected chi connectivity index (χ3v) is 5.24. The summed E-state index contributed by atoms with van der Waals surface area (Å²) in [5, 5.41) is 12.9. The molecule has 0 aliphatic carbocycles. The largest absolute Gasteiger partial charge is 0.324 e. The van der Waals surface area contributed by atoms with E-state index in [1.807, 2.05) is 31.1 Å². The highest BCUT2D eigenvalue weighted by molar-refractivity contribution is 7.13. The molecule has 3 heterocycles. The topological polar surface area (TPSA) is 73.9 Å². The molecule has 0 bridgehead atoms. The SMILES string of the molecule is Cc1csc(NC(=O)N2CCCCCC2c2c(C)n[nH]c2C)n1. The predicted molar refractivity (Wildman–Crippen MR) is 91.8 cm³/mol. The zero-order valence-corrected chi connectivity index (χ0v) is 14.7. The second-order valence-electron chi connectivity index (χ2n) is 6.13. The average molecular weight is 333 g/mol. The van der Waals surface area contributed by atoms with Gasteiger partial charge in [0.15, 0.2) is 5.13 Å². The summed E-state index contributed by atoms with van der Waals surface area (Å²) in [5.41, 5.74) is 4.13. The van der Waals surface area contributed by atoms with Gasteiger partial charge < -0.3 is 4.90 Å². The lowest BCUT2D eigenvalue weighted by atomic mass is 9.99. The molecule has 1 unspecified atom stereocenters. The van der Waals surface area contributed by atoms with E-state index in [2.05, 4.69) is 20.5 Å². The van der Waals surface area contributed by atoms with Crippen molar-refractivity contribution in [3.05, 3.63) is 28.0 Å². The fourth-order valence-corrected chi connectivity index (χ4v) is 3.95. The quantitative estimate of drug-likeness (QED) is 0.874. The lowest BCUT2D eigenvalue weighted by molar-refractivity contribution is 0.189. The molecule has 0 aromatic carbocycles. The lowest BCUT2D eigenvalue weighted by Crippen LogP contribution is -2.38. The number of nitrogens with one attached hydrogen (secondary N) is 2. The van der Waals surface area contributed by atoms with Crippen molar-refractivity contribution in [3.8, 4) is 0 Å². The number of hydrogen-bond acceptors (Lipinski definition) is 4. The van der Waals surface area contributed by atoms with Crippen molar-refractivity contribution in [2.75, 3.05) is 11.9 Å². The number of aromatic nitrogens is 3. The molecule has 6 nitrogen and oxygen atoms in total. The lowest BCUT2D eigenvalue weighted by Gasteiger charge is -2.30. The molecule has 3 rings (SSSR count). The summed E-state index contributed by atoms with van der Waals surface area (Å²) in [6, 6.07) is 0.0172. The minimum atomic E-state index is -0.0637. The number of carbonyl (C=O) groups is 1. The van der Waals surface area contributed by atoms with Gasteiger partial charge in [-0.2, -0.15) is 5.10 Å². The van der Waals surface area contributed by atoms with Crippen molar-refractivity contribution in [1.29, 1.82) is 0 Å². The van der Waals surface area contributed by atoms with Crippen LogP contribution < -0.4 is 5.32 Å². The number of rotatable bonds is 2. The van der Waals surface area contributed by atoms with Gasteiger partial charge in [0.1, 0.15) is 0 Å². The zero-order chi connectivity index (χ0) is 16.4. The number of thiazole rings is 1. The van der Waals surface area contributed by atoms with Gasteiger partial charge in [-0.15, -0.1) is 11.3 Å². The Morgan fingerprint density at radius 1 is 1.35 bits per heavy atom. The number of aryl methyl sites for hydroxylation is 3. The van der Waals surface area contributed by atoms with Crippen LogP contribution in [0.25, 0.3) is 0 Å². The van der Waals surface area contributed by atoms with E-state index < -0.39 is 0 Å². The van der Waals surface area contributed by atoms with Crippen LogP contribution in [0, 0.1) is 20.8 Å². The van der Waals surface area contributed by atoms with Crippen molar-refractivity contribution in [2.45, 2.75) is 52.5 Å². The van der Waals surface area contributed by atoms with Gasteiger partial charge in [-0.05, 0) is 33.6 Å². The number of hydrogen-bond donors (Lipinski definition) is 2. The van der Waals surface area contributed by atoms with E-state index in [-0.39, 0.29) is 12.1 Å². The van der Waals surface area contributed by atoms with Gasteiger partial charge in [0.25, 0.3) is 0 Å². The first kappa shape index (κ1) is 16.0. The van der Waals surface area contributed by atoms with E-state index in [0.717, 1.165) is 54.9 Å². The molecule has 2 N–H and O–H groups in total. The van der Waals surface area contributed by atoms with Crippen LogP contribution >= 0.6 is 11.3 Å². The van der Waals surface area contributed by atoms with E-state index in [1.54, 1.807) is 0 Å². The van der Waals surface area contributed by atoms with Crippen molar-refractivity contribution >= 4 is 22.5 Å². The molecule has 23 heavy (non-hydrogen) atoms. The minimum absolute atomic E-state index is 0.0637. The second-order valence-corrected chi connectivity index (χ2v) is 6.99. The van der Waals surface area contributed by atoms with Gasteiger partial charge in [0, 0.05) is 23.2 Å². The maximum Gasteiger partial charge on any atom is 0.324 e. The van der Waals surface area contributed by atoms with Gasteiger partial charge in [-0.25, -0.2) is 9.78 Å². The number of urea groups is 1. The number of amides is 2. The Hall–Kier alpha value is -1.89. The molecule has 2 aromatic heterocycles. The molecule has 2 amide bonds. The average Bonchev–Trinajstić information content (AvgIpc) is 2.96. The van der Waals surface area contributed by atoms with E-state index in [1.165, 1.54) is 11.3 Å². The monoisotopic (exact) mass is 333 g/mol. The van der Waals surface area contributed by atoms with Gasteiger partial charge in [-0.1, -0.05) is 12.8 Å². The standard InChI is InChI=1S/C16H23N5OS/c1-10-9-23-15(17-10)18-16(22)21-8-6-4-5-7-13(21)14-11(2)19-20-12(14)3/h9,13H,4-8H2,1-3H3,(H,19,20)(H,17,18,22). The highest BCUT2D eigenvalue weighted by atomic mass is 32.1. The molecule has 0 saturated carbocycles. The number of aromatic amines is 1. The summed E-state index contributed by atoms with van der Waals surface area (Å²) >= 11 is 1.46. The molecule has 124 valence electrons. The maximum absolute atomic E-state index is 12.8. The molecule has 1 saturated heterocycles. The molecule has 7 heteroatoms. The summed E-state index contributed by atoms with van der Waals surface area (Å²) in [6.45, 7) is 6.73. The zero-order valence-electron chi connectivity index (χ0n) is 13.8. The first-order valence-electron chi connectivity index (χ1n) is 8.07. The molecular weight excluding hydrogens is 310 g/mol. The molecule has 0 spiro atoms. The highest BCUT2D eigenvalue weighted by Gasteiger charge is 2.30. The molecule has 1 aliphatic rings. The minimum Gasteiger partial charge on any atom is -0.317 e. The Morgan fingerprint density at radius 3 is 2.83 bits per heavy atom. The van der Waals surface area contributed by atoms with Gasteiger partial charge in [-0.3, -0.25) is 10.4 Å². The Labute approximate surface area is 140 Å². The number of H-pyrrole nitrogens is 1. The normalized spacial score (nSPS) is 18.7. The molecule has 1 aliphatic heterocycles. The van der Waals surface area contributed by atoms with Crippen LogP contribution in [0.1, 0.15) is 54.4 Å². The van der Waals surface area contributed by atoms with Gasteiger partial charge in [0.2, 0.25) is 0 Å². The first-order valence-corrected chi connectivity index (χ1v) is 8.95. The van der Waals surface area contributed by atoms with Crippen LogP contribution in [-0.2, 0) is 0 Å². The van der Waals surface area contributed by atoms with Crippen LogP contribution in [0.5, 0.6) is 0 Å². The van der Waals surface area contributed by atoms with Crippen molar-refractivity contribution < 1.29 is 4.79 Å². The third kappa shape index (κ3) is 3.39. The summed E-state index contributed by atoms with van der Waals surface area (Å²) in [7, 11) is 0. The van der Waals surface area contributed by atoms with Crippen molar-refractivity contribution in [3.63, 3.8) is 0 Å². The predicted octanol–water partition coefficient (Wildman–Crippen LogP) is 3.94. The Balaban J connectivity index is 1.85. The van der Waals surface area contributed by atoms with Crippen LogP contribution in [-0.4, -0.2) is 32.7 Å². The van der Waals surface area contributed by atoms with Crippen molar-refractivity contribution in [2.24, 2.45) is 0 Å². The molecule has 0 radical (unpaired) electrons. The fraction of sp³-hybridized carbons (Fsp3) is 0.562. The summed E-state index contributed by atoms with van der Waals surface area (Å²) in [5.74, 6) is 0. The smallest absolute Gasteiger partial charge is 0.317 e. The summed E-state index contributed by atoms with van der Waals surface area (Å²) in [6.07, 6.45) is 4.31. The molecular formula is C16H23N5OS. The molecule has 2 aromatic rings. The van der Waals surface area contributed by atoms with Crippen LogP contribution in [0.2, 0.25) is 0 Å². The summed E-state index contributed by atoms with van der Waals surface area (Å²) in [4.78, 5) is 19.1.